The summed E-state index contributed by atoms with van der Waals surface area (Å²) in [5, 5.41) is 12.3. The molecule has 6 heteroatoms. The van der Waals surface area contributed by atoms with E-state index in [2.05, 4.69) is 17.9 Å². The molecule has 2 heterocycles. The van der Waals surface area contributed by atoms with Crippen LogP contribution >= 0.6 is 11.3 Å². The fourth-order valence-electron chi connectivity index (χ4n) is 3.37. The van der Waals surface area contributed by atoms with E-state index in [0.717, 1.165) is 34.8 Å². The van der Waals surface area contributed by atoms with Crippen molar-refractivity contribution < 1.29 is 14.6 Å². The van der Waals surface area contributed by atoms with E-state index in [1.54, 1.807) is 0 Å². The van der Waals surface area contributed by atoms with Gasteiger partial charge in [-0.25, -0.2) is 0 Å². The van der Waals surface area contributed by atoms with E-state index in [-0.39, 0.29) is 12.5 Å². The van der Waals surface area contributed by atoms with E-state index >= 15 is 0 Å². The number of aliphatic hydroxyl groups is 1. The number of aryl methyl sites for hydroxylation is 2. The summed E-state index contributed by atoms with van der Waals surface area (Å²) in [5.41, 5.74) is 3.41. The molecule has 5 nitrogen and oxygen atoms in total. The van der Waals surface area contributed by atoms with Gasteiger partial charge >= 0.3 is 0 Å². The van der Waals surface area contributed by atoms with Gasteiger partial charge in [0.05, 0.1) is 4.88 Å². The Bertz CT molecular complexity index is 768. The lowest BCUT2D eigenvalue weighted by Crippen LogP contribution is -2.50. The number of rotatable bonds is 6. The first-order valence-corrected chi connectivity index (χ1v) is 10.3. The van der Waals surface area contributed by atoms with Gasteiger partial charge in [-0.15, -0.1) is 11.3 Å². The third kappa shape index (κ3) is 4.89. The highest BCUT2D eigenvalue weighted by molar-refractivity contribution is 7.12. The van der Waals surface area contributed by atoms with Gasteiger partial charge in [-0.05, 0) is 48.9 Å². The minimum absolute atomic E-state index is 0.110. The zero-order valence-corrected chi connectivity index (χ0v) is 17.1. The van der Waals surface area contributed by atoms with Crippen molar-refractivity contribution in [2.24, 2.45) is 0 Å². The average Bonchev–Trinajstić information content (AvgIpc) is 3.20. The third-order valence-corrected chi connectivity index (χ3v) is 6.01. The molecule has 1 saturated heterocycles. The van der Waals surface area contributed by atoms with Crippen LogP contribution in [0.4, 0.5) is 0 Å². The Morgan fingerprint density at radius 3 is 2.52 bits per heavy atom. The molecule has 0 aliphatic carbocycles. The van der Waals surface area contributed by atoms with Crippen molar-refractivity contribution in [3.63, 3.8) is 0 Å². The number of carbonyl (C=O) groups excluding carboxylic acids is 1. The van der Waals surface area contributed by atoms with Crippen LogP contribution in [-0.2, 0) is 0 Å². The second-order valence-electron chi connectivity index (χ2n) is 7.19. The molecule has 1 N–H and O–H groups in total. The fourth-order valence-corrected chi connectivity index (χ4v) is 4.06. The van der Waals surface area contributed by atoms with Gasteiger partial charge in [-0.1, -0.05) is 18.2 Å². The highest BCUT2D eigenvalue weighted by Gasteiger charge is 2.24. The quantitative estimate of drug-likeness (QED) is 0.827. The molecule has 1 aromatic carbocycles. The molecule has 1 unspecified atom stereocenters. The van der Waals surface area contributed by atoms with Crippen molar-refractivity contribution in [1.29, 1.82) is 0 Å². The highest BCUT2D eigenvalue weighted by Crippen LogP contribution is 2.25. The van der Waals surface area contributed by atoms with Crippen LogP contribution in [0.15, 0.2) is 29.6 Å². The summed E-state index contributed by atoms with van der Waals surface area (Å²) in [4.78, 5) is 17.3. The normalized spacial score (nSPS) is 16.4. The first-order chi connectivity index (χ1) is 13.0. The summed E-state index contributed by atoms with van der Waals surface area (Å²) in [5.74, 6) is 0.986. The molecular formula is C21H28N2O3S. The smallest absolute Gasteiger partial charge is 0.264 e. The number of hydrogen-bond acceptors (Lipinski definition) is 5. The Morgan fingerprint density at radius 1 is 1.15 bits per heavy atom. The van der Waals surface area contributed by atoms with E-state index < -0.39 is 6.10 Å². The summed E-state index contributed by atoms with van der Waals surface area (Å²) in [6.45, 7) is 9.92. The maximum absolute atomic E-state index is 12.4. The van der Waals surface area contributed by atoms with Crippen LogP contribution in [-0.4, -0.2) is 66.2 Å². The highest BCUT2D eigenvalue weighted by atomic mass is 32.1. The first kappa shape index (κ1) is 19.9. The molecule has 0 saturated carbocycles. The molecule has 1 aliphatic heterocycles. The lowest BCUT2D eigenvalue weighted by Gasteiger charge is -2.35. The van der Waals surface area contributed by atoms with E-state index in [1.165, 1.54) is 16.9 Å². The summed E-state index contributed by atoms with van der Waals surface area (Å²) in [6, 6.07) is 7.91. The molecule has 1 aliphatic rings. The van der Waals surface area contributed by atoms with Gasteiger partial charge in [0.15, 0.2) is 0 Å². The number of carbonyl (C=O) groups is 1. The van der Waals surface area contributed by atoms with Gasteiger partial charge < -0.3 is 14.7 Å². The lowest BCUT2D eigenvalue weighted by molar-refractivity contribution is 0.0404. The number of ether oxygens (including phenoxy) is 1. The number of β-amino-alcohol motifs (C(OH)–C–C–N with tert-alkyl or cyclic N) is 1. The Morgan fingerprint density at radius 2 is 1.85 bits per heavy atom. The van der Waals surface area contributed by atoms with Gasteiger partial charge in [-0.3, -0.25) is 9.69 Å². The van der Waals surface area contributed by atoms with Crippen molar-refractivity contribution in [2.75, 3.05) is 39.3 Å². The van der Waals surface area contributed by atoms with Crippen LogP contribution < -0.4 is 4.74 Å². The predicted octanol–water partition coefficient (Wildman–Crippen LogP) is 2.87. The Hall–Kier alpha value is -1.89. The van der Waals surface area contributed by atoms with Gasteiger partial charge in [-0.2, -0.15) is 0 Å². The molecule has 1 aromatic heterocycles. The molecule has 3 rings (SSSR count). The summed E-state index contributed by atoms with van der Waals surface area (Å²) >= 11 is 1.48. The molecule has 27 heavy (non-hydrogen) atoms. The number of thiophene rings is 1. The molecule has 1 atom stereocenters. The van der Waals surface area contributed by atoms with Crippen LogP contribution in [0.5, 0.6) is 5.75 Å². The zero-order valence-electron chi connectivity index (χ0n) is 16.3. The van der Waals surface area contributed by atoms with Crippen molar-refractivity contribution in [3.8, 4) is 5.75 Å². The monoisotopic (exact) mass is 388 g/mol. The number of piperazine rings is 1. The Labute approximate surface area is 165 Å². The van der Waals surface area contributed by atoms with Gasteiger partial charge in [0, 0.05) is 32.7 Å². The third-order valence-electron chi connectivity index (χ3n) is 5.15. The molecular weight excluding hydrogens is 360 g/mol. The van der Waals surface area contributed by atoms with Crippen molar-refractivity contribution in [3.05, 3.63) is 51.2 Å². The maximum atomic E-state index is 12.4. The number of nitrogens with zero attached hydrogens (tertiary/aromatic N) is 2. The van der Waals surface area contributed by atoms with Gasteiger partial charge in [0.1, 0.15) is 18.5 Å². The topological polar surface area (TPSA) is 53.0 Å². The zero-order chi connectivity index (χ0) is 19.4. The average molecular weight is 389 g/mol. The van der Waals surface area contributed by atoms with Gasteiger partial charge in [0.2, 0.25) is 0 Å². The van der Waals surface area contributed by atoms with Crippen LogP contribution in [0, 0.1) is 20.8 Å². The molecule has 1 amide bonds. The van der Waals surface area contributed by atoms with E-state index in [9.17, 15) is 9.90 Å². The summed E-state index contributed by atoms with van der Waals surface area (Å²) in [7, 11) is 0. The molecule has 2 aromatic rings. The van der Waals surface area contributed by atoms with Crippen LogP contribution in [0.25, 0.3) is 0 Å². The first-order valence-electron chi connectivity index (χ1n) is 9.38. The summed E-state index contributed by atoms with van der Waals surface area (Å²) in [6.07, 6.45) is -0.552. The van der Waals surface area contributed by atoms with Crippen molar-refractivity contribution >= 4 is 17.2 Å². The van der Waals surface area contributed by atoms with Crippen LogP contribution in [0.1, 0.15) is 26.4 Å². The molecule has 0 radical (unpaired) electrons. The fraction of sp³-hybridized carbons (Fsp3) is 0.476. The van der Waals surface area contributed by atoms with E-state index in [4.69, 9.17) is 4.74 Å². The number of aliphatic hydroxyl groups excluding tert-OH is 1. The van der Waals surface area contributed by atoms with Crippen molar-refractivity contribution in [1.82, 2.24) is 9.80 Å². The standard InChI is InChI=1S/C21H28N2O3S/c1-15-6-7-16(2)20(17(15)3)26-14-18(24)13-22-8-10-23(11-9-22)21(25)19-5-4-12-27-19/h4-7,12,18,24H,8-11,13-14H2,1-3H3. The van der Waals surface area contributed by atoms with E-state index in [1.807, 2.05) is 42.3 Å². The second kappa shape index (κ2) is 8.87. The minimum atomic E-state index is -0.552. The van der Waals surface area contributed by atoms with Crippen LogP contribution in [0.2, 0.25) is 0 Å². The Kier molecular flexibility index (Phi) is 6.52. The maximum Gasteiger partial charge on any atom is 0.264 e. The largest absolute Gasteiger partial charge is 0.490 e. The molecule has 146 valence electrons. The second-order valence-corrected chi connectivity index (χ2v) is 8.14. The molecule has 0 spiro atoms. The van der Waals surface area contributed by atoms with Crippen molar-refractivity contribution in [2.45, 2.75) is 26.9 Å². The molecule has 0 bridgehead atoms. The molecule has 1 fully saturated rings. The Balaban J connectivity index is 1.45. The number of benzene rings is 1. The predicted molar refractivity (Wildman–Crippen MR) is 109 cm³/mol. The number of amides is 1. The SMILES string of the molecule is Cc1ccc(C)c(OCC(O)CN2CCN(C(=O)c3cccs3)CC2)c1C. The van der Waals surface area contributed by atoms with E-state index in [0.29, 0.717) is 19.6 Å². The minimum Gasteiger partial charge on any atom is -0.490 e. The van der Waals surface area contributed by atoms with Gasteiger partial charge in [0.25, 0.3) is 5.91 Å². The lowest BCUT2D eigenvalue weighted by atomic mass is 10.1. The number of hydrogen-bond donors (Lipinski definition) is 1. The van der Waals surface area contributed by atoms with Crippen LogP contribution in [0.3, 0.4) is 0 Å². The summed E-state index contributed by atoms with van der Waals surface area (Å²) < 4.78 is 5.92.